The highest BCUT2D eigenvalue weighted by molar-refractivity contribution is 6.09. The van der Waals surface area contributed by atoms with Gasteiger partial charge in [-0.1, -0.05) is 12.5 Å². The lowest BCUT2D eigenvalue weighted by Crippen LogP contribution is -2.38. The zero-order valence-electron chi connectivity index (χ0n) is 14.5. The Kier molecular flexibility index (Phi) is 5.07. The van der Waals surface area contributed by atoms with E-state index < -0.39 is 5.60 Å². The van der Waals surface area contributed by atoms with Crippen molar-refractivity contribution in [3.63, 3.8) is 0 Å². The first kappa shape index (κ1) is 16.8. The molecule has 2 aliphatic rings. The summed E-state index contributed by atoms with van der Waals surface area (Å²) in [6.07, 6.45) is 6.45. The number of carbonyl (C=O) groups is 1. The number of carbonyl (C=O) groups excluding carboxylic acids is 1. The predicted octanol–water partition coefficient (Wildman–Crippen LogP) is 3.34. The number of esters is 1. The number of rotatable bonds is 5. The molecule has 1 saturated carbocycles. The molecule has 0 bridgehead atoms. The van der Waals surface area contributed by atoms with Crippen LogP contribution in [-0.4, -0.2) is 38.0 Å². The number of nitrogens with zero attached hydrogens (tertiary/aromatic N) is 1. The molecular weight excluding hydrogens is 306 g/mol. The Labute approximate surface area is 143 Å². The lowest BCUT2D eigenvalue weighted by Gasteiger charge is -2.32. The van der Waals surface area contributed by atoms with Crippen LogP contribution in [-0.2, 0) is 16.0 Å². The molecule has 1 aliphatic carbocycles. The van der Waals surface area contributed by atoms with E-state index in [4.69, 9.17) is 19.2 Å². The summed E-state index contributed by atoms with van der Waals surface area (Å²) in [6, 6.07) is 5.91. The molecular formula is C19H25NO4. The Morgan fingerprint density at radius 1 is 1.12 bits per heavy atom. The average molecular weight is 331 g/mol. The van der Waals surface area contributed by atoms with Gasteiger partial charge in [0.05, 0.1) is 26.4 Å². The van der Waals surface area contributed by atoms with E-state index in [1.165, 1.54) is 6.42 Å². The maximum atomic E-state index is 11.8. The van der Waals surface area contributed by atoms with E-state index in [2.05, 4.69) is 0 Å². The highest BCUT2D eigenvalue weighted by Gasteiger charge is 2.46. The Morgan fingerprint density at radius 2 is 1.88 bits per heavy atom. The van der Waals surface area contributed by atoms with Crippen LogP contribution < -0.4 is 9.47 Å². The summed E-state index contributed by atoms with van der Waals surface area (Å²) in [7, 11) is 3.26. The molecule has 1 aliphatic heterocycles. The minimum Gasteiger partial charge on any atom is -0.493 e. The fraction of sp³-hybridized carbons (Fsp3) is 0.579. The van der Waals surface area contributed by atoms with E-state index in [1.807, 2.05) is 18.2 Å². The van der Waals surface area contributed by atoms with Gasteiger partial charge in [0.25, 0.3) is 0 Å². The first-order chi connectivity index (χ1) is 11.7. The number of benzene rings is 1. The van der Waals surface area contributed by atoms with Gasteiger partial charge >= 0.3 is 5.97 Å². The van der Waals surface area contributed by atoms with Gasteiger partial charge in [0, 0.05) is 6.54 Å². The maximum absolute atomic E-state index is 11.8. The summed E-state index contributed by atoms with van der Waals surface area (Å²) in [5.74, 6) is 1.33. The molecule has 0 amide bonds. The van der Waals surface area contributed by atoms with Gasteiger partial charge in [-0.05, 0) is 49.8 Å². The number of ether oxygens (including phenoxy) is 3. The van der Waals surface area contributed by atoms with Crippen molar-refractivity contribution in [2.24, 2.45) is 4.99 Å². The van der Waals surface area contributed by atoms with Crippen molar-refractivity contribution in [1.29, 1.82) is 0 Å². The molecule has 130 valence electrons. The molecule has 1 aromatic carbocycles. The van der Waals surface area contributed by atoms with Crippen LogP contribution in [0.2, 0.25) is 0 Å². The van der Waals surface area contributed by atoms with Gasteiger partial charge in [-0.15, -0.1) is 0 Å². The summed E-state index contributed by atoms with van der Waals surface area (Å²) in [6.45, 7) is 0.656. The molecule has 1 aromatic rings. The Balaban J connectivity index is 1.68. The molecule has 3 rings (SSSR count). The first-order valence-electron chi connectivity index (χ1n) is 8.63. The van der Waals surface area contributed by atoms with Gasteiger partial charge in [-0.3, -0.25) is 9.79 Å². The van der Waals surface area contributed by atoms with Crippen molar-refractivity contribution in [3.05, 3.63) is 23.8 Å². The Bertz CT molecular complexity index is 632. The molecule has 5 heteroatoms. The van der Waals surface area contributed by atoms with Crippen LogP contribution in [0.15, 0.2) is 23.2 Å². The normalized spacial score (nSPS) is 21.1. The summed E-state index contributed by atoms with van der Waals surface area (Å²) >= 11 is 0. The van der Waals surface area contributed by atoms with Gasteiger partial charge in [0.15, 0.2) is 17.1 Å². The summed E-state index contributed by atoms with van der Waals surface area (Å²) in [4.78, 5) is 16.5. The summed E-state index contributed by atoms with van der Waals surface area (Å²) < 4.78 is 16.3. The van der Waals surface area contributed by atoms with Gasteiger partial charge < -0.3 is 14.2 Å². The fourth-order valence-corrected chi connectivity index (χ4v) is 3.68. The number of methoxy groups -OCH3 is 2. The summed E-state index contributed by atoms with van der Waals surface area (Å²) in [5.41, 5.74) is 1.69. The highest BCUT2D eigenvalue weighted by atomic mass is 16.6. The molecule has 0 N–H and O–H groups in total. The molecule has 1 saturated heterocycles. The molecule has 24 heavy (non-hydrogen) atoms. The third-order valence-electron chi connectivity index (χ3n) is 4.96. The second kappa shape index (κ2) is 7.24. The second-order valence-corrected chi connectivity index (χ2v) is 6.47. The van der Waals surface area contributed by atoms with E-state index in [0.717, 1.165) is 54.9 Å². The molecule has 2 fully saturated rings. The van der Waals surface area contributed by atoms with Gasteiger partial charge in [0.1, 0.15) is 0 Å². The Morgan fingerprint density at radius 3 is 2.58 bits per heavy atom. The van der Waals surface area contributed by atoms with E-state index in [1.54, 1.807) is 14.2 Å². The van der Waals surface area contributed by atoms with Crippen LogP contribution in [0.3, 0.4) is 0 Å². The second-order valence-electron chi connectivity index (χ2n) is 6.47. The molecule has 1 heterocycles. The summed E-state index contributed by atoms with van der Waals surface area (Å²) in [5, 5.41) is 0. The SMILES string of the molecule is COc1ccc(CCN=C2CC(=O)OC23CCCCC3)cc1OC. The quantitative estimate of drug-likeness (QED) is 0.777. The van der Waals surface area contributed by atoms with Gasteiger partial charge in [0.2, 0.25) is 0 Å². The minimum absolute atomic E-state index is 0.123. The van der Waals surface area contributed by atoms with Crippen molar-refractivity contribution in [1.82, 2.24) is 0 Å². The van der Waals surface area contributed by atoms with Crippen molar-refractivity contribution in [2.75, 3.05) is 20.8 Å². The van der Waals surface area contributed by atoms with Crippen molar-refractivity contribution >= 4 is 11.7 Å². The molecule has 0 unspecified atom stereocenters. The van der Waals surface area contributed by atoms with Gasteiger partial charge in [-0.25, -0.2) is 0 Å². The zero-order chi connectivity index (χ0) is 17.0. The molecule has 0 atom stereocenters. The third-order valence-corrected chi connectivity index (χ3v) is 4.96. The number of aliphatic imine (C=N–C) groups is 1. The standard InChI is InChI=1S/C19H25NO4/c1-22-15-7-6-14(12-16(15)23-2)8-11-20-17-13-18(21)24-19(17)9-4-3-5-10-19/h6-7,12H,3-5,8-11,13H2,1-2H3. The van der Waals surface area contributed by atoms with Crippen LogP contribution in [0.1, 0.15) is 44.1 Å². The average Bonchev–Trinajstić information content (AvgIpc) is 2.90. The Hall–Kier alpha value is -2.04. The lowest BCUT2D eigenvalue weighted by molar-refractivity contribution is -0.148. The van der Waals surface area contributed by atoms with Gasteiger partial charge in [-0.2, -0.15) is 0 Å². The van der Waals surface area contributed by atoms with E-state index in [0.29, 0.717) is 13.0 Å². The number of hydrogen-bond donors (Lipinski definition) is 0. The molecule has 5 nitrogen and oxygen atoms in total. The maximum Gasteiger partial charge on any atom is 0.312 e. The van der Waals surface area contributed by atoms with Crippen LogP contribution in [0.25, 0.3) is 0 Å². The van der Waals surface area contributed by atoms with E-state index in [-0.39, 0.29) is 5.97 Å². The smallest absolute Gasteiger partial charge is 0.312 e. The fourth-order valence-electron chi connectivity index (χ4n) is 3.68. The van der Waals surface area contributed by atoms with Crippen molar-refractivity contribution < 1.29 is 19.0 Å². The number of hydrogen-bond acceptors (Lipinski definition) is 5. The topological polar surface area (TPSA) is 57.1 Å². The molecule has 1 spiro atoms. The highest BCUT2D eigenvalue weighted by Crippen LogP contribution is 2.38. The van der Waals surface area contributed by atoms with Crippen molar-refractivity contribution in [2.45, 2.75) is 50.5 Å². The predicted molar refractivity (Wildman–Crippen MR) is 92.1 cm³/mol. The monoisotopic (exact) mass is 331 g/mol. The van der Waals surface area contributed by atoms with E-state index in [9.17, 15) is 4.79 Å². The molecule has 0 aromatic heterocycles. The van der Waals surface area contributed by atoms with Crippen molar-refractivity contribution in [3.8, 4) is 11.5 Å². The molecule has 0 radical (unpaired) electrons. The van der Waals surface area contributed by atoms with E-state index >= 15 is 0 Å². The van der Waals surface area contributed by atoms with Crippen LogP contribution in [0, 0.1) is 0 Å². The third kappa shape index (κ3) is 3.40. The van der Waals surface area contributed by atoms with Crippen LogP contribution in [0.5, 0.6) is 11.5 Å². The largest absolute Gasteiger partial charge is 0.493 e. The lowest BCUT2D eigenvalue weighted by atomic mass is 9.81. The first-order valence-corrected chi connectivity index (χ1v) is 8.63. The zero-order valence-corrected chi connectivity index (χ0v) is 14.5. The minimum atomic E-state index is -0.396. The van der Waals surface area contributed by atoms with Crippen LogP contribution in [0.4, 0.5) is 0 Å². The van der Waals surface area contributed by atoms with Crippen LogP contribution >= 0.6 is 0 Å².